The Balaban J connectivity index is -0.0000000862. The Morgan fingerprint density at radius 3 is 1.20 bits per heavy atom. The van der Waals surface area contributed by atoms with Crippen molar-refractivity contribution in [2.75, 3.05) is 6.61 Å². The molecule has 116 valence electrons. The van der Waals surface area contributed by atoms with Gasteiger partial charge < -0.3 is 30.9 Å². The Kier molecular flexibility index (Phi) is 27.3. The van der Waals surface area contributed by atoms with Crippen LogP contribution in [0.25, 0.3) is 0 Å². The zero-order valence-electron chi connectivity index (χ0n) is 10.7. The predicted molar refractivity (Wildman–Crippen MR) is 67.5 cm³/mol. The highest BCUT2D eigenvalue weighted by atomic mass is 16.6. The Morgan fingerprint density at radius 2 is 1.20 bits per heavy atom. The summed E-state index contributed by atoms with van der Waals surface area (Å²) in [5, 5.41) is 29.2. The average molecular weight is 295 g/mol. The SMILES string of the molecule is C=CC(=O)O.C=CC(=O)O.CCOC(N)=O.O=C(O)O. The molecular formula is C10H17NO9. The molecular weight excluding hydrogens is 278 g/mol. The van der Waals surface area contributed by atoms with Gasteiger partial charge in [-0.25, -0.2) is 19.2 Å². The van der Waals surface area contributed by atoms with Gasteiger partial charge in [0.25, 0.3) is 0 Å². The molecule has 0 aliphatic rings. The summed E-state index contributed by atoms with van der Waals surface area (Å²) in [6.07, 6.45) is -0.877. The maximum absolute atomic E-state index is 9.60. The third kappa shape index (κ3) is 186. The second-order valence-electron chi connectivity index (χ2n) is 2.12. The molecule has 0 fully saturated rings. The van der Waals surface area contributed by atoms with E-state index in [2.05, 4.69) is 23.6 Å². The zero-order chi connectivity index (χ0) is 17.1. The van der Waals surface area contributed by atoms with E-state index >= 15 is 0 Å². The van der Waals surface area contributed by atoms with Gasteiger partial charge in [-0.2, -0.15) is 0 Å². The Morgan fingerprint density at radius 1 is 1.00 bits per heavy atom. The first-order valence-corrected chi connectivity index (χ1v) is 4.59. The minimum absolute atomic E-state index is 0.356. The van der Waals surface area contributed by atoms with Crippen molar-refractivity contribution < 1.29 is 44.3 Å². The molecule has 10 nitrogen and oxygen atoms in total. The monoisotopic (exact) mass is 295 g/mol. The van der Waals surface area contributed by atoms with E-state index in [1.165, 1.54) is 0 Å². The number of hydrogen-bond donors (Lipinski definition) is 5. The second-order valence-corrected chi connectivity index (χ2v) is 2.12. The van der Waals surface area contributed by atoms with E-state index in [1.54, 1.807) is 6.92 Å². The Labute approximate surface area is 114 Å². The van der Waals surface area contributed by atoms with Gasteiger partial charge in [0.15, 0.2) is 0 Å². The van der Waals surface area contributed by atoms with Gasteiger partial charge in [0.05, 0.1) is 6.61 Å². The molecule has 0 aromatic rings. The van der Waals surface area contributed by atoms with E-state index in [0.29, 0.717) is 6.61 Å². The standard InChI is InChI=1S/C3H7NO2.2C3H4O2.CH2O3/c1-2-6-3(4)5;2*1-2-3(4)5;2-1(3)4/h2H2,1H3,(H2,4,5);2*2H,1H2,(H,4,5);(H2,2,3,4). The van der Waals surface area contributed by atoms with E-state index in [9.17, 15) is 14.4 Å². The number of aliphatic carboxylic acids is 2. The number of carbonyl (C=O) groups excluding carboxylic acids is 1. The Hall–Kier alpha value is -3.04. The van der Waals surface area contributed by atoms with Gasteiger partial charge >= 0.3 is 24.2 Å². The van der Waals surface area contributed by atoms with Crippen molar-refractivity contribution >= 4 is 24.2 Å². The van der Waals surface area contributed by atoms with Gasteiger partial charge in [0.1, 0.15) is 0 Å². The van der Waals surface area contributed by atoms with Crippen LogP contribution in [0.5, 0.6) is 0 Å². The molecule has 0 bridgehead atoms. The molecule has 20 heavy (non-hydrogen) atoms. The molecule has 0 saturated carbocycles. The summed E-state index contributed by atoms with van der Waals surface area (Å²) in [6, 6.07) is 0. The fraction of sp³-hybridized carbons (Fsp3) is 0.200. The fourth-order valence-electron chi connectivity index (χ4n) is 0.142. The number of ether oxygens (including phenoxy) is 1. The summed E-state index contributed by atoms with van der Waals surface area (Å²) >= 11 is 0. The molecule has 1 amide bonds. The molecule has 0 spiro atoms. The van der Waals surface area contributed by atoms with Gasteiger partial charge in [-0.15, -0.1) is 0 Å². The second kappa shape index (κ2) is 21.3. The molecule has 0 unspecified atom stereocenters. The summed E-state index contributed by atoms with van der Waals surface area (Å²) in [6.45, 7) is 7.98. The van der Waals surface area contributed by atoms with Gasteiger partial charge in [-0.3, -0.25) is 0 Å². The predicted octanol–water partition coefficient (Wildman–Crippen LogP) is 0.838. The van der Waals surface area contributed by atoms with Crippen LogP contribution in [0, 0.1) is 0 Å². The molecule has 0 atom stereocenters. The molecule has 0 heterocycles. The van der Waals surface area contributed by atoms with Crippen molar-refractivity contribution in [2.45, 2.75) is 6.92 Å². The van der Waals surface area contributed by atoms with Crippen LogP contribution in [0.1, 0.15) is 6.92 Å². The van der Waals surface area contributed by atoms with Crippen LogP contribution >= 0.6 is 0 Å². The highest BCUT2D eigenvalue weighted by Crippen LogP contribution is 1.66. The number of primary amides is 1. The third-order valence-electron chi connectivity index (χ3n) is 0.636. The molecule has 0 rings (SSSR count). The van der Waals surface area contributed by atoms with E-state index in [4.69, 9.17) is 25.2 Å². The highest BCUT2D eigenvalue weighted by Gasteiger charge is 1.82. The minimum Gasteiger partial charge on any atom is -0.478 e. The number of carboxylic acids is 2. The van der Waals surface area contributed by atoms with Crippen LogP contribution in [0.2, 0.25) is 0 Å². The molecule has 6 N–H and O–H groups in total. The van der Waals surface area contributed by atoms with Crippen molar-refractivity contribution in [3.05, 3.63) is 25.3 Å². The lowest BCUT2D eigenvalue weighted by molar-refractivity contribution is -0.132. The van der Waals surface area contributed by atoms with Gasteiger partial charge in [0, 0.05) is 12.2 Å². The lowest BCUT2D eigenvalue weighted by atomic mass is 10.7. The lowest BCUT2D eigenvalue weighted by Gasteiger charge is -1.89. The maximum Gasteiger partial charge on any atom is 0.503 e. The smallest absolute Gasteiger partial charge is 0.478 e. The molecule has 10 heteroatoms. The number of hydrogen-bond acceptors (Lipinski definition) is 5. The van der Waals surface area contributed by atoms with Crippen molar-refractivity contribution in [2.24, 2.45) is 5.73 Å². The van der Waals surface area contributed by atoms with Crippen LogP contribution in [-0.4, -0.2) is 51.2 Å². The fourth-order valence-corrected chi connectivity index (χ4v) is 0.142. The quantitative estimate of drug-likeness (QED) is 0.470. The molecule has 0 aliphatic heterocycles. The molecule has 0 aliphatic carbocycles. The van der Waals surface area contributed by atoms with E-state index in [1.807, 2.05) is 0 Å². The summed E-state index contributed by atoms with van der Waals surface area (Å²) in [5.74, 6) is -1.96. The molecule has 0 radical (unpaired) electrons. The average Bonchev–Trinajstić information content (AvgIpc) is 2.29. The minimum atomic E-state index is -1.83. The number of carboxylic acid groups (broad SMARTS) is 4. The number of nitrogens with two attached hydrogens (primary N) is 1. The van der Waals surface area contributed by atoms with Gasteiger partial charge in [-0.05, 0) is 6.92 Å². The van der Waals surface area contributed by atoms with E-state index < -0.39 is 24.2 Å². The first-order valence-electron chi connectivity index (χ1n) is 4.59. The normalized spacial score (nSPS) is 6.65. The third-order valence-corrected chi connectivity index (χ3v) is 0.636. The van der Waals surface area contributed by atoms with Crippen LogP contribution in [-0.2, 0) is 14.3 Å². The molecule has 0 aromatic carbocycles. The number of carbonyl (C=O) groups is 4. The molecule has 0 saturated heterocycles. The van der Waals surface area contributed by atoms with Crippen LogP contribution in [0.3, 0.4) is 0 Å². The van der Waals surface area contributed by atoms with Crippen LogP contribution in [0.15, 0.2) is 25.3 Å². The first kappa shape index (κ1) is 25.7. The summed E-state index contributed by atoms with van der Waals surface area (Å²) in [7, 11) is 0. The van der Waals surface area contributed by atoms with Crippen LogP contribution in [0.4, 0.5) is 9.59 Å². The number of amides is 1. The Bertz CT molecular complexity index is 303. The van der Waals surface area contributed by atoms with Gasteiger partial charge in [0.2, 0.25) is 0 Å². The van der Waals surface area contributed by atoms with Crippen molar-refractivity contribution in [3.8, 4) is 0 Å². The van der Waals surface area contributed by atoms with Crippen molar-refractivity contribution in [1.82, 2.24) is 0 Å². The largest absolute Gasteiger partial charge is 0.503 e. The van der Waals surface area contributed by atoms with Crippen molar-refractivity contribution in [3.63, 3.8) is 0 Å². The maximum atomic E-state index is 9.60. The molecule has 0 aromatic heterocycles. The van der Waals surface area contributed by atoms with E-state index in [-0.39, 0.29) is 0 Å². The lowest BCUT2D eigenvalue weighted by Crippen LogP contribution is -2.11. The van der Waals surface area contributed by atoms with Crippen LogP contribution < -0.4 is 5.73 Å². The van der Waals surface area contributed by atoms with E-state index in [0.717, 1.165) is 12.2 Å². The zero-order valence-corrected chi connectivity index (χ0v) is 10.7. The summed E-state index contributed by atoms with van der Waals surface area (Å²) in [5.41, 5.74) is 4.54. The number of rotatable bonds is 3. The summed E-state index contributed by atoms with van der Waals surface area (Å²) in [4.78, 5) is 36.7. The summed E-state index contributed by atoms with van der Waals surface area (Å²) < 4.78 is 4.18. The van der Waals surface area contributed by atoms with Crippen molar-refractivity contribution in [1.29, 1.82) is 0 Å². The highest BCUT2D eigenvalue weighted by molar-refractivity contribution is 5.79. The topological polar surface area (TPSA) is 184 Å². The van der Waals surface area contributed by atoms with Gasteiger partial charge in [-0.1, -0.05) is 13.2 Å². The first-order chi connectivity index (χ1) is 9.04.